The van der Waals surface area contributed by atoms with Gasteiger partial charge in [-0.1, -0.05) is 12.1 Å². The average Bonchev–Trinajstić information content (AvgIpc) is 2.69. The summed E-state index contributed by atoms with van der Waals surface area (Å²) >= 11 is 0. The number of anilines is 2. The highest BCUT2D eigenvalue weighted by atomic mass is 16.5. The molecular formula is C18H20N6O2. The largest absolute Gasteiger partial charge is 0.476 e. The fraction of sp³-hybridized carbons (Fsp3) is 0.333. The summed E-state index contributed by atoms with van der Waals surface area (Å²) in [6.07, 6.45) is 1.69. The van der Waals surface area contributed by atoms with Crippen LogP contribution in [0.3, 0.4) is 0 Å². The number of benzene rings is 1. The normalized spacial score (nSPS) is 14.6. The molecule has 3 aromatic rings. The van der Waals surface area contributed by atoms with Gasteiger partial charge >= 0.3 is 0 Å². The van der Waals surface area contributed by atoms with E-state index in [0.717, 1.165) is 37.6 Å². The third-order valence-corrected chi connectivity index (χ3v) is 4.21. The van der Waals surface area contributed by atoms with Gasteiger partial charge in [0.2, 0.25) is 11.8 Å². The van der Waals surface area contributed by atoms with Crippen LogP contribution in [0.2, 0.25) is 0 Å². The van der Waals surface area contributed by atoms with Gasteiger partial charge in [0.05, 0.1) is 31.7 Å². The van der Waals surface area contributed by atoms with Crippen LogP contribution < -0.4 is 15.4 Å². The Morgan fingerprint density at radius 1 is 1.12 bits per heavy atom. The maximum Gasteiger partial charge on any atom is 0.247 e. The summed E-state index contributed by atoms with van der Waals surface area (Å²) in [5.74, 6) is 0.479. The summed E-state index contributed by atoms with van der Waals surface area (Å²) in [6, 6.07) is 8.27. The zero-order valence-corrected chi connectivity index (χ0v) is 14.6. The molecule has 0 saturated carbocycles. The number of nitrogen functional groups attached to an aromatic ring is 1. The van der Waals surface area contributed by atoms with Gasteiger partial charge in [-0.15, -0.1) is 0 Å². The molecule has 0 radical (unpaired) electrons. The molecule has 0 spiro atoms. The Morgan fingerprint density at radius 2 is 1.88 bits per heavy atom. The molecule has 1 aliphatic rings. The minimum Gasteiger partial charge on any atom is -0.476 e. The van der Waals surface area contributed by atoms with Crippen LogP contribution in [0.1, 0.15) is 6.92 Å². The highest BCUT2D eigenvalue weighted by Gasteiger charge is 2.14. The molecule has 1 aliphatic heterocycles. The molecule has 0 aliphatic carbocycles. The second-order valence-electron chi connectivity index (χ2n) is 5.89. The fourth-order valence-corrected chi connectivity index (χ4v) is 2.94. The monoisotopic (exact) mass is 352 g/mol. The number of rotatable bonds is 4. The van der Waals surface area contributed by atoms with Gasteiger partial charge in [-0.3, -0.25) is 0 Å². The van der Waals surface area contributed by atoms with E-state index in [0.29, 0.717) is 23.7 Å². The molecule has 0 bridgehead atoms. The molecule has 1 aromatic carbocycles. The first kappa shape index (κ1) is 16.5. The highest BCUT2D eigenvalue weighted by Crippen LogP contribution is 2.26. The van der Waals surface area contributed by atoms with Crippen LogP contribution in [-0.2, 0) is 4.74 Å². The van der Waals surface area contributed by atoms with Crippen molar-refractivity contribution >= 4 is 22.8 Å². The van der Waals surface area contributed by atoms with Crippen molar-refractivity contribution in [1.82, 2.24) is 19.9 Å². The molecule has 1 fully saturated rings. The average molecular weight is 352 g/mol. The lowest BCUT2D eigenvalue weighted by atomic mass is 10.1. The van der Waals surface area contributed by atoms with Crippen LogP contribution in [0.5, 0.6) is 5.88 Å². The SMILES string of the molecule is CCOc1nc(N)nc2ncc(-c3ccc(N4CCOCC4)cc3)nc12. The van der Waals surface area contributed by atoms with Crippen molar-refractivity contribution in [2.75, 3.05) is 43.5 Å². The Hall–Kier alpha value is -3.00. The fourth-order valence-electron chi connectivity index (χ4n) is 2.94. The number of ether oxygens (including phenoxy) is 2. The van der Waals surface area contributed by atoms with Crippen LogP contribution in [0.25, 0.3) is 22.4 Å². The summed E-state index contributed by atoms with van der Waals surface area (Å²) in [5, 5.41) is 0. The summed E-state index contributed by atoms with van der Waals surface area (Å²) in [4.78, 5) is 19.6. The molecule has 8 nitrogen and oxygen atoms in total. The first-order chi connectivity index (χ1) is 12.7. The van der Waals surface area contributed by atoms with E-state index >= 15 is 0 Å². The van der Waals surface area contributed by atoms with Crippen LogP contribution in [0.4, 0.5) is 11.6 Å². The van der Waals surface area contributed by atoms with Gasteiger partial charge < -0.3 is 20.1 Å². The maximum absolute atomic E-state index is 5.71. The summed E-state index contributed by atoms with van der Waals surface area (Å²) in [5.41, 5.74) is 9.53. The van der Waals surface area contributed by atoms with Crippen LogP contribution >= 0.6 is 0 Å². The molecule has 0 atom stereocenters. The van der Waals surface area contributed by atoms with Crippen molar-refractivity contribution in [2.24, 2.45) is 0 Å². The predicted molar refractivity (Wildman–Crippen MR) is 99.2 cm³/mol. The molecule has 2 aromatic heterocycles. The molecule has 8 heteroatoms. The van der Waals surface area contributed by atoms with Gasteiger partial charge in [0.25, 0.3) is 0 Å². The summed E-state index contributed by atoms with van der Waals surface area (Å²) in [7, 11) is 0. The van der Waals surface area contributed by atoms with E-state index in [2.05, 4.69) is 37.0 Å². The third-order valence-electron chi connectivity index (χ3n) is 4.21. The first-order valence-corrected chi connectivity index (χ1v) is 8.61. The van der Waals surface area contributed by atoms with Crippen LogP contribution in [-0.4, -0.2) is 52.8 Å². The van der Waals surface area contributed by atoms with E-state index in [4.69, 9.17) is 15.2 Å². The van der Waals surface area contributed by atoms with Crippen molar-refractivity contribution in [2.45, 2.75) is 6.92 Å². The van der Waals surface area contributed by atoms with Crippen molar-refractivity contribution in [3.05, 3.63) is 30.5 Å². The zero-order chi connectivity index (χ0) is 17.9. The topological polar surface area (TPSA) is 99.3 Å². The minimum atomic E-state index is 0.123. The molecule has 3 heterocycles. The van der Waals surface area contributed by atoms with Gasteiger partial charge in [0.1, 0.15) is 0 Å². The Morgan fingerprint density at radius 3 is 2.62 bits per heavy atom. The van der Waals surface area contributed by atoms with Gasteiger partial charge in [-0.05, 0) is 19.1 Å². The second-order valence-corrected chi connectivity index (χ2v) is 5.89. The van der Waals surface area contributed by atoms with Crippen molar-refractivity contribution in [1.29, 1.82) is 0 Å². The quantitative estimate of drug-likeness (QED) is 0.760. The van der Waals surface area contributed by atoms with Crippen molar-refractivity contribution < 1.29 is 9.47 Å². The Kier molecular flexibility index (Phi) is 4.49. The van der Waals surface area contributed by atoms with E-state index in [1.807, 2.05) is 19.1 Å². The lowest BCUT2D eigenvalue weighted by molar-refractivity contribution is 0.122. The lowest BCUT2D eigenvalue weighted by Gasteiger charge is -2.28. The smallest absolute Gasteiger partial charge is 0.247 e. The van der Waals surface area contributed by atoms with E-state index in [-0.39, 0.29) is 5.95 Å². The van der Waals surface area contributed by atoms with Gasteiger partial charge in [0, 0.05) is 24.3 Å². The predicted octanol–water partition coefficient (Wildman–Crippen LogP) is 1.90. The van der Waals surface area contributed by atoms with E-state index < -0.39 is 0 Å². The molecule has 0 unspecified atom stereocenters. The number of morpholine rings is 1. The number of fused-ring (bicyclic) bond motifs is 1. The van der Waals surface area contributed by atoms with Crippen LogP contribution in [0, 0.1) is 0 Å². The van der Waals surface area contributed by atoms with Gasteiger partial charge in [0.15, 0.2) is 11.2 Å². The van der Waals surface area contributed by atoms with E-state index in [9.17, 15) is 0 Å². The zero-order valence-electron chi connectivity index (χ0n) is 14.6. The van der Waals surface area contributed by atoms with Gasteiger partial charge in [-0.25, -0.2) is 9.97 Å². The van der Waals surface area contributed by atoms with Gasteiger partial charge in [-0.2, -0.15) is 9.97 Å². The number of hydrogen-bond acceptors (Lipinski definition) is 8. The summed E-state index contributed by atoms with van der Waals surface area (Å²) < 4.78 is 10.9. The number of nitrogens with two attached hydrogens (primary N) is 1. The van der Waals surface area contributed by atoms with E-state index in [1.165, 1.54) is 5.69 Å². The Labute approximate surface area is 151 Å². The molecule has 26 heavy (non-hydrogen) atoms. The highest BCUT2D eigenvalue weighted by molar-refractivity contribution is 5.79. The third kappa shape index (κ3) is 3.23. The van der Waals surface area contributed by atoms with E-state index in [1.54, 1.807) is 6.20 Å². The van der Waals surface area contributed by atoms with Crippen molar-refractivity contribution in [3.63, 3.8) is 0 Å². The Bertz CT molecular complexity index is 909. The van der Waals surface area contributed by atoms with Crippen LogP contribution in [0.15, 0.2) is 30.5 Å². The minimum absolute atomic E-state index is 0.123. The summed E-state index contributed by atoms with van der Waals surface area (Å²) in [6.45, 7) is 5.69. The Balaban J connectivity index is 1.67. The standard InChI is InChI=1S/C18H20N6O2/c1-2-26-17-15-16(22-18(19)23-17)20-11-14(21-15)12-3-5-13(6-4-12)24-7-9-25-10-8-24/h3-6,11H,2,7-10H2,1H3,(H2,19,20,22,23). The number of nitrogens with zero attached hydrogens (tertiary/aromatic N) is 5. The number of aromatic nitrogens is 4. The molecule has 2 N–H and O–H groups in total. The maximum atomic E-state index is 5.71. The second kappa shape index (κ2) is 7.09. The number of hydrogen-bond donors (Lipinski definition) is 1. The molecule has 4 rings (SSSR count). The molecule has 134 valence electrons. The molecular weight excluding hydrogens is 332 g/mol. The lowest BCUT2D eigenvalue weighted by Crippen LogP contribution is -2.36. The first-order valence-electron chi connectivity index (χ1n) is 8.61. The van der Waals surface area contributed by atoms with Crippen molar-refractivity contribution in [3.8, 4) is 17.1 Å². The molecule has 1 saturated heterocycles. The molecule has 0 amide bonds.